The number of ether oxygens (including phenoxy) is 1. The largest absolute Gasteiger partial charge is 0.469 e. The molecule has 2 aromatic rings. The molecule has 0 aromatic heterocycles. The van der Waals surface area contributed by atoms with Gasteiger partial charge in [-0.05, 0) is 24.3 Å². The van der Waals surface area contributed by atoms with Crippen LogP contribution in [0.5, 0.6) is 11.5 Å². The Morgan fingerprint density at radius 2 is 1.39 bits per heavy atom. The normalized spacial score (nSPS) is 12.3. The summed E-state index contributed by atoms with van der Waals surface area (Å²) in [6, 6.07) is 17.5. The first-order valence-electron chi connectivity index (χ1n) is 7.18. The number of hydrogen-bond donors (Lipinski definition) is 0. The van der Waals surface area contributed by atoms with Crippen molar-refractivity contribution in [1.82, 2.24) is 0 Å². The summed E-state index contributed by atoms with van der Waals surface area (Å²) < 4.78 is 29.0. The summed E-state index contributed by atoms with van der Waals surface area (Å²) in [5.41, 5.74) is 0. The minimum absolute atomic E-state index is 0.0799. The molecular formula is C17H19O5P. The van der Waals surface area contributed by atoms with Crippen molar-refractivity contribution < 1.29 is 23.1 Å². The Morgan fingerprint density at radius 1 is 0.957 bits per heavy atom. The minimum Gasteiger partial charge on any atom is -0.469 e. The van der Waals surface area contributed by atoms with Crippen LogP contribution < -0.4 is 9.05 Å². The van der Waals surface area contributed by atoms with Gasteiger partial charge in [0, 0.05) is 0 Å². The molecule has 0 N–H and O–H groups in total. The van der Waals surface area contributed by atoms with Gasteiger partial charge in [0.1, 0.15) is 11.5 Å². The van der Waals surface area contributed by atoms with Crippen LogP contribution in [0.25, 0.3) is 0 Å². The quantitative estimate of drug-likeness (QED) is 0.562. The lowest BCUT2D eigenvalue weighted by Gasteiger charge is -2.22. The van der Waals surface area contributed by atoms with Crippen LogP contribution in [0.15, 0.2) is 60.7 Å². The second kappa shape index (κ2) is 7.84. The standard InChI is InChI=1S/C17H19O5P/c1-14(17(18)20-2)13-23(19,21-15-9-5-3-6-10-15)22-16-11-7-4-8-12-16/h3-12,14H,13H2,1-2H3. The van der Waals surface area contributed by atoms with Crippen molar-refractivity contribution in [3.8, 4) is 11.5 Å². The van der Waals surface area contributed by atoms with Crippen LogP contribution in [-0.4, -0.2) is 19.2 Å². The molecule has 0 fully saturated rings. The average Bonchev–Trinajstić information content (AvgIpc) is 2.55. The van der Waals surface area contributed by atoms with Gasteiger partial charge in [0.2, 0.25) is 0 Å². The van der Waals surface area contributed by atoms with Gasteiger partial charge in [-0.2, -0.15) is 0 Å². The Balaban J connectivity index is 2.22. The van der Waals surface area contributed by atoms with Crippen LogP contribution in [0.2, 0.25) is 0 Å². The highest BCUT2D eigenvalue weighted by Crippen LogP contribution is 2.49. The van der Waals surface area contributed by atoms with Gasteiger partial charge in [-0.3, -0.25) is 4.79 Å². The summed E-state index contributed by atoms with van der Waals surface area (Å²) in [7, 11) is -2.30. The zero-order chi connectivity index (χ0) is 16.7. The van der Waals surface area contributed by atoms with Crippen molar-refractivity contribution in [2.24, 2.45) is 5.92 Å². The molecule has 2 aromatic carbocycles. The molecule has 23 heavy (non-hydrogen) atoms. The fraction of sp³-hybridized carbons (Fsp3) is 0.235. The SMILES string of the molecule is COC(=O)C(C)CP(=O)(Oc1ccccc1)Oc1ccccc1. The fourth-order valence-corrected chi connectivity index (χ4v) is 3.88. The molecule has 1 unspecified atom stereocenters. The van der Waals surface area contributed by atoms with Crippen molar-refractivity contribution in [2.45, 2.75) is 6.92 Å². The number of benzene rings is 2. The maximum Gasteiger partial charge on any atom is 0.431 e. The number of esters is 1. The van der Waals surface area contributed by atoms with E-state index < -0.39 is 19.5 Å². The molecule has 1 atom stereocenters. The number of methoxy groups -OCH3 is 1. The summed E-state index contributed by atoms with van der Waals surface area (Å²) in [4.78, 5) is 11.6. The molecule has 0 spiro atoms. The van der Waals surface area contributed by atoms with E-state index in [-0.39, 0.29) is 6.16 Å². The van der Waals surface area contributed by atoms with Crippen molar-refractivity contribution in [2.75, 3.05) is 13.3 Å². The highest BCUT2D eigenvalue weighted by Gasteiger charge is 2.34. The second-order valence-corrected chi connectivity index (χ2v) is 6.98. The number of hydrogen-bond acceptors (Lipinski definition) is 5. The third kappa shape index (κ3) is 5.15. The van der Waals surface area contributed by atoms with E-state index in [1.165, 1.54) is 7.11 Å². The van der Waals surface area contributed by atoms with Gasteiger partial charge in [-0.25, -0.2) is 4.57 Å². The van der Waals surface area contributed by atoms with Gasteiger partial charge in [-0.1, -0.05) is 43.3 Å². The Morgan fingerprint density at radius 3 is 1.78 bits per heavy atom. The molecule has 0 amide bonds. The van der Waals surface area contributed by atoms with Crippen molar-refractivity contribution in [3.63, 3.8) is 0 Å². The van der Waals surface area contributed by atoms with Gasteiger partial charge < -0.3 is 13.8 Å². The van der Waals surface area contributed by atoms with Crippen molar-refractivity contribution in [1.29, 1.82) is 0 Å². The van der Waals surface area contributed by atoms with Crippen LogP contribution >= 0.6 is 7.60 Å². The van der Waals surface area contributed by atoms with E-state index in [0.717, 1.165) is 0 Å². The molecule has 0 aliphatic rings. The zero-order valence-corrected chi connectivity index (χ0v) is 13.9. The van der Waals surface area contributed by atoms with E-state index in [4.69, 9.17) is 9.05 Å². The van der Waals surface area contributed by atoms with E-state index in [9.17, 15) is 9.36 Å². The van der Waals surface area contributed by atoms with E-state index in [1.54, 1.807) is 55.5 Å². The summed E-state index contributed by atoms with van der Waals surface area (Å²) in [5, 5.41) is 0. The molecule has 2 rings (SSSR count). The number of carbonyl (C=O) groups excluding carboxylic acids is 1. The fourth-order valence-electron chi connectivity index (χ4n) is 1.99. The van der Waals surface area contributed by atoms with Crippen LogP contribution in [0.1, 0.15) is 6.92 Å². The summed E-state index contributed by atoms with van der Waals surface area (Å²) in [6.07, 6.45) is -0.0799. The first kappa shape index (κ1) is 17.1. The van der Waals surface area contributed by atoms with Crippen LogP contribution in [0, 0.1) is 5.92 Å². The molecule has 0 radical (unpaired) electrons. The third-order valence-electron chi connectivity index (χ3n) is 3.08. The van der Waals surface area contributed by atoms with E-state index >= 15 is 0 Å². The van der Waals surface area contributed by atoms with E-state index in [1.807, 2.05) is 12.1 Å². The molecule has 0 heterocycles. The van der Waals surface area contributed by atoms with Gasteiger partial charge in [0.25, 0.3) is 0 Å². The Hall–Kier alpha value is -2.26. The van der Waals surface area contributed by atoms with Crippen LogP contribution in [-0.2, 0) is 14.1 Å². The predicted octanol–water partition coefficient (Wildman–Crippen LogP) is 4.15. The number of para-hydroxylation sites is 2. The summed E-state index contributed by atoms with van der Waals surface area (Å²) in [6.45, 7) is 1.63. The Labute approximate surface area is 135 Å². The maximum atomic E-state index is 13.1. The number of carbonyl (C=O) groups is 1. The van der Waals surface area contributed by atoms with E-state index in [0.29, 0.717) is 11.5 Å². The maximum absolute atomic E-state index is 13.1. The lowest BCUT2D eigenvalue weighted by molar-refractivity contribution is -0.144. The van der Waals surface area contributed by atoms with Crippen LogP contribution in [0.3, 0.4) is 0 Å². The summed E-state index contributed by atoms with van der Waals surface area (Å²) in [5.74, 6) is -0.232. The first-order valence-corrected chi connectivity index (χ1v) is 8.91. The van der Waals surface area contributed by atoms with Gasteiger partial charge in [0.15, 0.2) is 0 Å². The average molecular weight is 334 g/mol. The molecule has 0 aliphatic carbocycles. The third-order valence-corrected chi connectivity index (χ3v) is 5.05. The van der Waals surface area contributed by atoms with Crippen LogP contribution in [0.4, 0.5) is 0 Å². The topological polar surface area (TPSA) is 61.8 Å². The van der Waals surface area contributed by atoms with Crippen molar-refractivity contribution in [3.05, 3.63) is 60.7 Å². The van der Waals surface area contributed by atoms with Gasteiger partial charge in [-0.15, -0.1) is 0 Å². The Kier molecular flexibility index (Phi) is 5.83. The smallest absolute Gasteiger partial charge is 0.431 e. The lowest BCUT2D eigenvalue weighted by Crippen LogP contribution is -2.20. The summed E-state index contributed by atoms with van der Waals surface area (Å²) >= 11 is 0. The van der Waals surface area contributed by atoms with Gasteiger partial charge >= 0.3 is 13.6 Å². The molecule has 0 saturated carbocycles. The Bertz CT molecular complexity index is 626. The zero-order valence-electron chi connectivity index (χ0n) is 13.0. The second-order valence-electron chi connectivity index (χ2n) is 5.03. The molecule has 5 nitrogen and oxygen atoms in total. The molecule has 0 aliphatic heterocycles. The monoisotopic (exact) mass is 334 g/mol. The van der Waals surface area contributed by atoms with Crippen molar-refractivity contribution >= 4 is 13.6 Å². The first-order chi connectivity index (χ1) is 11.0. The molecule has 0 saturated heterocycles. The predicted molar refractivity (Wildman–Crippen MR) is 87.8 cm³/mol. The highest BCUT2D eigenvalue weighted by atomic mass is 31.2. The van der Waals surface area contributed by atoms with Gasteiger partial charge in [0.05, 0.1) is 19.2 Å². The molecule has 6 heteroatoms. The van der Waals surface area contributed by atoms with E-state index in [2.05, 4.69) is 4.74 Å². The molecule has 122 valence electrons. The highest BCUT2D eigenvalue weighted by molar-refractivity contribution is 7.54. The number of rotatable bonds is 7. The lowest BCUT2D eigenvalue weighted by atomic mass is 10.2. The minimum atomic E-state index is -3.59. The molecular weight excluding hydrogens is 315 g/mol. The molecule has 0 bridgehead atoms.